The fourth-order valence-electron chi connectivity index (χ4n) is 1.78. The van der Waals surface area contributed by atoms with Gasteiger partial charge in [-0.1, -0.05) is 18.2 Å². The van der Waals surface area contributed by atoms with Crippen LogP contribution in [0.1, 0.15) is 0 Å². The van der Waals surface area contributed by atoms with Crippen LogP contribution in [-0.4, -0.2) is 4.98 Å². The second-order valence-electron chi connectivity index (χ2n) is 3.80. The molecule has 0 saturated carbocycles. The summed E-state index contributed by atoms with van der Waals surface area (Å²) >= 11 is 0. The number of fused-ring (bicyclic) bond motifs is 1. The molecule has 0 spiro atoms. The SMILES string of the molecule is Nc1ccccc1-c1nc2cccc(N)c2o1. The van der Waals surface area contributed by atoms with E-state index in [1.165, 1.54) is 0 Å². The molecule has 4 N–H and O–H groups in total. The molecule has 0 saturated heterocycles. The number of hydrogen-bond acceptors (Lipinski definition) is 4. The lowest BCUT2D eigenvalue weighted by Crippen LogP contribution is -1.88. The van der Waals surface area contributed by atoms with Crippen molar-refractivity contribution >= 4 is 22.5 Å². The molecule has 17 heavy (non-hydrogen) atoms. The van der Waals surface area contributed by atoms with E-state index in [4.69, 9.17) is 15.9 Å². The zero-order valence-corrected chi connectivity index (χ0v) is 9.05. The highest BCUT2D eigenvalue weighted by Crippen LogP contribution is 2.30. The van der Waals surface area contributed by atoms with Gasteiger partial charge in [0.15, 0.2) is 5.58 Å². The second kappa shape index (κ2) is 3.52. The van der Waals surface area contributed by atoms with E-state index >= 15 is 0 Å². The molecule has 84 valence electrons. The van der Waals surface area contributed by atoms with Crippen LogP contribution in [0.5, 0.6) is 0 Å². The molecule has 0 bridgehead atoms. The molecule has 0 fully saturated rings. The number of nitrogen functional groups attached to an aromatic ring is 2. The summed E-state index contributed by atoms with van der Waals surface area (Å²) in [6.07, 6.45) is 0. The van der Waals surface area contributed by atoms with Gasteiger partial charge in [0, 0.05) is 5.69 Å². The minimum Gasteiger partial charge on any atom is -0.434 e. The van der Waals surface area contributed by atoms with Crippen molar-refractivity contribution in [3.63, 3.8) is 0 Å². The molecule has 0 amide bonds. The Morgan fingerprint density at radius 3 is 2.41 bits per heavy atom. The van der Waals surface area contributed by atoms with Crippen molar-refractivity contribution in [2.24, 2.45) is 0 Å². The Bertz CT molecular complexity index is 688. The molecule has 4 nitrogen and oxygen atoms in total. The number of nitrogens with two attached hydrogens (primary N) is 2. The van der Waals surface area contributed by atoms with Crippen molar-refractivity contribution in [1.82, 2.24) is 4.98 Å². The van der Waals surface area contributed by atoms with Crippen molar-refractivity contribution in [2.45, 2.75) is 0 Å². The molecule has 0 unspecified atom stereocenters. The quantitative estimate of drug-likeness (QED) is 0.624. The summed E-state index contributed by atoms with van der Waals surface area (Å²) in [7, 11) is 0. The molecule has 0 aliphatic rings. The van der Waals surface area contributed by atoms with E-state index in [2.05, 4.69) is 4.98 Å². The molecule has 1 heterocycles. The lowest BCUT2D eigenvalue weighted by Gasteiger charge is -1.98. The van der Waals surface area contributed by atoms with E-state index < -0.39 is 0 Å². The van der Waals surface area contributed by atoms with Gasteiger partial charge in [-0.2, -0.15) is 0 Å². The summed E-state index contributed by atoms with van der Waals surface area (Å²) in [4.78, 5) is 4.38. The molecule has 0 aliphatic carbocycles. The third-order valence-corrected chi connectivity index (χ3v) is 2.64. The largest absolute Gasteiger partial charge is 0.434 e. The maximum Gasteiger partial charge on any atom is 0.229 e. The predicted molar refractivity (Wildman–Crippen MR) is 68.3 cm³/mol. The van der Waals surface area contributed by atoms with Crippen LogP contribution in [0.2, 0.25) is 0 Å². The summed E-state index contributed by atoms with van der Waals surface area (Å²) in [6, 6.07) is 12.9. The van der Waals surface area contributed by atoms with Gasteiger partial charge in [-0.25, -0.2) is 4.98 Å². The summed E-state index contributed by atoms with van der Waals surface area (Å²) < 4.78 is 5.65. The van der Waals surface area contributed by atoms with Crippen LogP contribution in [-0.2, 0) is 0 Å². The number of rotatable bonds is 1. The van der Waals surface area contributed by atoms with Crippen LogP contribution in [0.15, 0.2) is 46.9 Å². The zero-order valence-electron chi connectivity index (χ0n) is 9.05. The monoisotopic (exact) mass is 225 g/mol. The first-order valence-corrected chi connectivity index (χ1v) is 5.25. The van der Waals surface area contributed by atoms with Gasteiger partial charge in [0.05, 0.1) is 11.3 Å². The van der Waals surface area contributed by atoms with E-state index in [-0.39, 0.29) is 0 Å². The first kappa shape index (κ1) is 9.72. The van der Waals surface area contributed by atoms with Crippen LogP contribution in [0.3, 0.4) is 0 Å². The Balaban J connectivity index is 2.26. The maximum atomic E-state index is 5.88. The fraction of sp³-hybridized carbons (Fsp3) is 0. The Labute approximate surface area is 97.9 Å². The highest BCUT2D eigenvalue weighted by molar-refractivity contribution is 5.87. The van der Waals surface area contributed by atoms with Crippen LogP contribution >= 0.6 is 0 Å². The summed E-state index contributed by atoms with van der Waals surface area (Å²) in [6.45, 7) is 0. The van der Waals surface area contributed by atoms with Crippen molar-refractivity contribution < 1.29 is 4.42 Å². The third-order valence-electron chi connectivity index (χ3n) is 2.64. The topological polar surface area (TPSA) is 78.1 Å². The van der Waals surface area contributed by atoms with Gasteiger partial charge in [-0.15, -0.1) is 0 Å². The van der Waals surface area contributed by atoms with Crippen LogP contribution in [0.25, 0.3) is 22.6 Å². The number of aromatic nitrogens is 1. The van der Waals surface area contributed by atoms with Crippen molar-refractivity contribution in [1.29, 1.82) is 0 Å². The Morgan fingerprint density at radius 1 is 0.882 bits per heavy atom. The molecule has 3 aromatic rings. The minimum absolute atomic E-state index is 0.496. The summed E-state index contributed by atoms with van der Waals surface area (Å²) in [5, 5.41) is 0. The smallest absolute Gasteiger partial charge is 0.229 e. The highest BCUT2D eigenvalue weighted by Gasteiger charge is 2.11. The number of anilines is 2. The molecule has 4 heteroatoms. The van der Waals surface area contributed by atoms with Gasteiger partial charge < -0.3 is 15.9 Å². The predicted octanol–water partition coefficient (Wildman–Crippen LogP) is 2.66. The van der Waals surface area contributed by atoms with E-state index in [0.717, 1.165) is 11.1 Å². The van der Waals surface area contributed by atoms with E-state index in [1.807, 2.05) is 36.4 Å². The van der Waals surface area contributed by atoms with Gasteiger partial charge in [0.2, 0.25) is 5.89 Å². The molecule has 0 atom stereocenters. The average Bonchev–Trinajstić information content (AvgIpc) is 2.75. The number of benzene rings is 2. The van der Waals surface area contributed by atoms with Crippen molar-refractivity contribution in [2.75, 3.05) is 11.5 Å². The number of hydrogen-bond donors (Lipinski definition) is 2. The molecular formula is C13H11N3O. The standard InChI is InChI=1S/C13H11N3O/c14-9-5-2-1-4-8(9)13-16-11-7-3-6-10(15)12(11)17-13/h1-7H,14-15H2. The molecule has 2 aromatic carbocycles. The number of para-hydroxylation sites is 2. The van der Waals surface area contributed by atoms with Gasteiger partial charge in [0.1, 0.15) is 5.52 Å². The van der Waals surface area contributed by atoms with Gasteiger partial charge in [-0.3, -0.25) is 0 Å². The van der Waals surface area contributed by atoms with Crippen LogP contribution < -0.4 is 11.5 Å². The number of oxazole rings is 1. The average molecular weight is 225 g/mol. The van der Waals surface area contributed by atoms with E-state index in [9.17, 15) is 0 Å². The molecular weight excluding hydrogens is 214 g/mol. The first-order chi connectivity index (χ1) is 8.25. The van der Waals surface area contributed by atoms with Gasteiger partial charge in [-0.05, 0) is 24.3 Å². The Hall–Kier alpha value is -2.49. The van der Waals surface area contributed by atoms with E-state index in [1.54, 1.807) is 6.07 Å². The van der Waals surface area contributed by atoms with Crippen LogP contribution in [0, 0.1) is 0 Å². The lowest BCUT2D eigenvalue weighted by molar-refractivity contribution is 0.621. The normalized spacial score (nSPS) is 10.8. The van der Waals surface area contributed by atoms with Gasteiger partial charge in [0.25, 0.3) is 0 Å². The minimum atomic E-state index is 0.496. The molecule has 0 radical (unpaired) electrons. The van der Waals surface area contributed by atoms with Crippen molar-refractivity contribution in [3.05, 3.63) is 42.5 Å². The second-order valence-corrected chi connectivity index (χ2v) is 3.80. The maximum absolute atomic E-state index is 5.88. The van der Waals surface area contributed by atoms with Gasteiger partial charge >= 0.3 is 0 Å². The number of nitrogens with zero attached hydrogens (tertiary/aromatic N) is 1. The summed E-state index contributed by atoms with van der Waals surface area (Å²) in [5.74, 6) is 0.496. The first-order valence-electron chi connectivity index (χ1n) is 5.25. The zero-order chi connectivity index (χ0) is 11.8. The summed E-state index contributed by atoms with van der Waals surface area (Å²) in [5.41, 5.74) is 15.0. The molecule has 0 aliphatic heterocycles. The van der Waals surface area contributed by atoms with Crippen LogP contribution in [0.4, 0.5) is 11.4 Å². The molecule has 1 aromatic heterocycles. The lowest BCUT2D eigenvalue weighted by atomic mass is 10.2. The third kappa shape index (κ3) is 1.50. The highest BCUT2D eigenvalue weighted by atomic mass is 16.3. The van der Waals surface area contributed by atoms with E-state index in [0.29, 0.717) is 22.8 Å². The Morgan fingerprint density at radius 2 is 1.65 bits per heavy atom. The molecule has 3 rings (SSSR count). The fourth-order valence-corrected chi connectivity index (χ4v) is 1.78. The van der Waals surface area contributed by atoms with Crippen molar-refractivity contribution in [3.8, 4) is 11.5 Å². The Kier molecular flexibility index (Phi) is 2.01.